The van der Waals surface area contributed by atoms with Crippen molar-refractivity contribution in [2.24, 2.45) is 0 Å². The molecular weight excluding hydrogens is 333 g/mol. The highest BCUT2D eigenvalue weighted by atomic mass is 35.5. The Hall–Kier alpha value is -1.78. The van der Waals surface area contributed by atoms with Crippen LogP contribution >= 0.6 is 23.2 Å². The zero-order valence-electron chi connectivity index (χ0n) is 13.1. The molecule has 2 aromatic rings. The van der Waals surface area contributed by atoms with E-state index in [4.69, 9.17) is 23.2 Å². The minimum atomic E-state index is -0.234. The van der Waals surface area contributed by atoms with E-state index in [1.54, 1.807) is 36.5 Å². The number of amides is 1. The van der Waals surface area contributed by atoms with Crippen LogP contribution in [0.4, 0.5) is 11.5 Å². The molecule has 0 aliphatic carbocycles. The third kappa shape index (κ3) is 4.85. The van der Waals surface area contributed by atoms with Crippen LogP contribution in [-0.2, 0) is 0 Å². The average Bonchev–Trinajstić information content (AvgIpc) is 2.55. The molecule has 0 bridgehead atoms. The maximum Gasteiger partial charge on any atom is 0.255 e. The van der Waals surface area contributed by atoms with E-state index in [9.17, 15) is 4.79 Å². The highest BCUT2D eigenvalue weighted by molar-refractivity contribution is 6.36. The summed E-state index contributed by atoms with van der Waals surface area (Å²) >= 11 is 11.9. The molecule has 0 spiro atoms. The molecule has 2 rings (SSSR count). The molecule has 0 saturated carbocycles. The van der Waals surface area contributed by atoms with E-state index < -0.39 is 0 Å². The van der Waals surface area contributed by atoms with Crippen molar-refractivity contribution in [3.05, 3.63) is 52.1 Å². The summed E-state index contributed by atoms with van der Waals surface area (Å²) in [7, 11) is 1.97. The van der Waals surface area contributed by atoms with Gasteiger partial charge in [0.1, 0.15) is 5.82 Å². The second kappa shape index (κ2) is 8.18. The van der Waals surface area contributed by atoms with Crippen LogP contribution in [0, 0.1) is 0 Å². The van der Waals surface area contributed by atoms with Gasteiger partial charge in [0.05, 0.1) is 10.7 Å². The van der Waals surface area contributed by atoms with Gasteiger partial charge in [0, 0.05) is 30.4 Å². The lowest BCUT2D eigenvalue weighted by molar-refractivity contribution is 0.102. The Morgan fingerprint density at radius 1 is 1.26 bits per heavy atom. The second-order valence-electron chi connectivity index (χ2n) is 5.26. The van der Waals surface area contributed by atoms with Gasteiger partial charge in [0.15, 0.2) is 0 Å². The third-order valence-electron chi connectivity index (χ3n) is 3.43. The first-order chi connectivity index (χ1) is 11.0. The Morgan fingerprint density at radius 2 is 2.04 bits per heavy atom. The molecule has 122 valence electrons. The summed E-state index contributed by atoms with van der Waals surface area (Å²) in [5, 5.41) is 3.71. The fraction of sp³-hybridized carbons (Fsp3) is 0.294. The van der Waals surface area contributed by atoms with Gasteiger partial charge in [-0.3, -0.25) is 4.79 Å². The molecule has 0 aliphatic heterocycles. The number of nitrogens with zero attached hydrogens (tertiary/aromatic N) is 2. The standard InChI is InChI=1S/C17H19Cl2N3O/c1-3-4-9-22(2)16-10-12(7-8-20-16)17(23)21-15-6-5-13(18)11-14(15)19/h5-8,10-11H,3-4,9H2,1-2H3,(H,21,23). The van der Waals surface area contributed by atoms with Crippen molar-refractivity contribution in [2.45, 2.75) is 19.8 Å². The molecule has 1 aromatic heterocycles. The summed E-state index contributed by atoms with van der Waals surface area (Å²) < 4.78 is 0. The molecule has 0 unspecified atom stereocenters. The van der Waals surface area contributed by atoms with Gasteiger partial charge in [-0.05, 0) is 36.8 Å². The summed E-state index contributed by atoms with van der Waals surface area (Å²) in [4.78, 5) is 18.7. The summed E-state index contributed by atoms with van der Waals surface area (Å²) in [5.41, 5.74) is 1.06. The number of unbranched alkanes of at least 4 members (excludes halogenated alkanes) is 1. The number of carbonyl (C=O) groups is 1. The maximum absolute atomic E-state index is 12.4. The van der Waals surface area contributed by atoms with Crippen molar-refractivity contribution in [1.82, 2.24) is 4.98 Å². The van der Waals surface area contributed by atoms with Gasteiger partial charge in [0.25, 0.3) is 5.91 Å². The lowest BCUT2D eigenvalue weighted by atomic mass is 10.2. The van der Waals surface area contributed by atoms with Crippen LogP contribution in [0.15, 0.2) is 36.5 Å². The Morgan fingerprint density at radius 3 is 2.74 bits per heavy atom. The van der Waals surface area contributed by atoms with Crippen LogP contribution in [0.3, 0.4) is 0 Å². The smallest absolute Gasteiger partial charge is 0.255 e. The van der Waals surface area contributed by atoms with Gasteiger partial charge in [-0.1, -0.05) is 36.5 Å². The van der Waals surface area contributed by atoms with Gasteiger partial charge in [-0.15, -0.1) is 0 Å². The molecule has 0 aliphatic rings. The fourth-order valence-electron chi connectivity index (χ4n) is 2.06. The number of hydrogen-bond donors (Lipinski definition) is 1. The number of rotatable bonds is 6. The average molecular weight is 352 g/mol. The molecule has 0 atom stereocenters. The van der Waals surface area contributed by atoms with E-state index in [-0.39, 0.29) is 5.91 Å². The molecule has 23 heavy (non-hydrogen) atoms. The Bertz CT molecular complexity index is 691. The minimum absolute atomic E-state index is 0.234. The number of carbonyl (C=O) groups excluding carboxylic acids is 1. The van der Waals surface area contributed by atoms with Crippen LogP contribution in [0.1, 0.15) is 30.1 Å². The number of aromatic nitrogens is 1. The van der Waals surface area contributed by atoms with Crippen LogP contribution in [0.2, 0.25) is 10.0 Å². The highest BCUT2D eigenvalue weighted by Gasteiger charge is 2.11. The zero-order chi connectivity index (χ0) is 16.8. The van der Waals surface area contributed by atoms with E-state index in [0.717, 1.165) is 25.2 Å². The first-order valence-corrected chi connectivity index (χ1v) is 8.20. The quantitative estimate of drug-likeness (QED) is 0.806. The largest absolute Gasteiger partial charge is 0.360 e. The summed E-state index contributed by atoms with van der Waals surface area (Å²) in [6.07, 6.45) is 3.82. The van der Waals surface area contributed by atoms with E-state index in [1.807, 2.05) is 11.9 Å². The van der Waals surface area contributed by atoms with Crippen LogP contribution < -0.4 is 10.2 Å². The molecule has 0 radical (unpaired) electrons. The number of halogens is 2. The molecule has 1 heterocycles. The molecule has 0 saturated heterocycles. The van der Waals surface area contributed by atoms with Gasteiger partial charge < -0.3 is 10.2 Å². The van der Waals surface area contributed by atoms with Gasteiger partial charge in [-0.25, -0.2) is 4.98 Å². The van der Waals surface area contributed by atoms with Crippen molar-refractivity contribution in [1.29, 1.82) is 0 Å². The Kier molecular flexibility index (Phi) is 6.25. The molecular formula is C17H19Cl2N3O. The number of hydrogen-bond acceptors (Lipinski definition) is 3. The fourth-order valence-corrected chi connectivity index (χ4v) is 2.52. The summed E-state index contributed by atoms with van der Waals surface area (Å²) in [5.74, 6) is 0.537. The molecule has 1 N–H and O–H groups in total. The van der Waals surface area contributed by atoms with Crippen molar-refractivity contribution >= 4 is 40.6 Å². The molecule has 4 nitrogen and oxygen atoms in total. The molecule has 1 aromatic carbocycles. The number of benzene rings is 1. The lowest BCUT2D eigenvalue weighted by Gasteiger charge is -2.18. The van der Waals surface area contributed by atoms with Crippen LogP contribution in [0.5, 0.6) is 0 Å². The second-order valence-corrected chi connectivity index (χ2v) is 6.10. The number of pyridine rings is 1. The lowest BCUT2D eigenvalue weighted by Crippen LogP contribution is -2.20. The molecule has 1 amide bonds. The first-order valence-electron chi connectivity index (χ1n) is 7.45. The maximum atomic E-state index is 12.4. The van der Waals surface area contributed by atoms with E-state index in [1.165, 1.54) is 0 Å². The molecule has 6 heteroatoms. The molecule has 0 fully saturated rings. The van der Waals surface area contributed by atoms with Gasteiger partial charge >= 0.3 is 0 Å². The van der Waals surface area contributed by atoms with E-state index in [0.29, 0.717) is 21.3 Å². The first kappa shape index (κ1) is 17.6. The Labute approximate surface area is 146 Å². The van der Waals surface area contributed by atoms with Crippen LogP contribution in [-0.4, -0.2) is 24.5 Å². The normalized spacial score (nSPS) is 10.4. The van der Waals surface area contributed by atoms with Crippen molar-refractivity contribution in [2.75, 3.05) is 23.8 Å². The summed E-state index contributed by atoms with van der Waals surface area (Å²) in [6.45, 7) is 3.04. The third-order valence-corrected chi connectivity index (χ3v) is 3.97. The van der Waals surface area contributed by atoms with Crippen molar-refractivity contribution < 1.29 is 4.79 Å². The Balaban J connectivity index is 2.13. The highest BCUT2D eigenvalue weighted by Crippen LogP contribution is 2.26. The van der Waals surface area contributed by atoms with Crippen LogP contribution in [0.25, 0.3) is 0 Å². The topological polar surface area (TPSA) is 45.2 Å². The predicted molar refractivity (Wildman–Crippen MR) is 96.8 cm³/mol. The van der Waals surface area contributed by atoms with E-state index >= 15 is 0 Å². The number of anilines is 2. The zero-order valence-corrected chi connectivity index (χ0v) is 14.7. The SMILES string of the molecule is CCCCN(C)c1cc(C(=O)Nc2ccc(Cl)cc2Cl)ccn1. The van der Waals surface area contributed by atoms with E-state index in [2.05, 4.69) is 17.2 Å². The van der Waals surface area contributed by atoms with Gasteiger partial charge in [-0.2, -0.15) is 0 Å². The minimum Gasteiger partial charge on any atom is -0.360 e. The monoisotopic (exact) mass is 351 g/mol. The van der Waals surface area contributed by atoms with Gasteiger partial charge in [0.2, 0.25) is 0 Å². The summed E-state index contributed by atoms with van der Waals surface area (Å²) in [6, 6.07) is 8.40. The number of nitrogens with one attached hydrogen (secondary N) is 1. The van der Waals surface area contributed by atoms with Crippen molar-refractivity contribution in [3.63, 3.8) is 0 Å². The van der Waals surface area contributed by atoms with Crippen molar-refractivity contribution in [3.8, 4) is 0 Å². The predicted octanol–water partition coefficient (Wildman–Crippen LogP) is 4.88.